The minimum atomic E-state index is 0. The monoisotopic (exact) mass is 682 g/mol. The SMILES string of the molecule is [Cl-].[Cl-].[Ni+2].c1ccc2[nH]c(CNCc3nc4ccccc4[nH]3)nc2c1.c1ccc2[nH]c(CNCc3nc4ccccc4[nH]3)nc2c1. The van der Waals surface area contributed by atoms with Gasteiger partial charge in [0.1, 0.15) is 23.3 Å². The van der Waals surface area contributed by atoms with Crippen LogP contribution in [0.1, 0.15) is 23.3 Å². The van der Waals surface area contributed by atoms with Gasteiger partial charge in [0.25, 0.3) is 0 Å². The summed E-state index contributed by atoms with van der Waals surface area (Å²) in [6, 6.07) is 32.2. The fourth-order valence-corrected chi connectivity index (χ4v) is 4.96. The van der Waals surface area contributed by atoms with Gasteiger partial charge in [-0.05, 0) is 48.5 Å². The second kappa shape index (κ2) is 15.7. The smallest absolute Gasteiger partial charge is 1.00 e. The molecule has 232 valence electrons. The van der Waals surface area contributed by atoms with E-state index in [2.05, 4.69) is 50.5 Å². The summed E-state index contributed by atoms with van der Waals surface area (Å²) in [5.41, 5.74) is 8.26. The van der Waals surface area contributed by atoms with E-state index in [-0.39, 0.29) is 41.3 Å². The maximum Gasteiger partial charge on any atom is 2.00 e. The molecule has 4 heterocycles. The van der Waals surface area contributed by atoms with Crippen LogP contribution < -0.4 is 35.4 Å². The maximum atomic E-state index is 4.54. The molecule has 0 fully saturated rings. The van der Waals surface area contributed by atoms with E-state index >= 15 is 0 Å². The summed E-state index contributed by atoms with van der Waals surface area (Å²) in [6.45, 7) is 2.74. The second-order valence-electron chi connectivity index (χ2n) is 10.0. The molecule has 4 aromatic heterocycles. The van der Waals surface area contributed by atoms with E-state index in [1.54, 1.807) is 0 Å². The van der Waals surface area contributed by atoms with Crippen molar-refractivity contribution in [2.24, 2.45) is 0 Å². The van der Waals surface area contributed by atoms with Crippen molar-refractivity contribution in [2.75, 3.05) is 0 Å². The summed E-state index contributed by atoms with van der Waals surface area (Å²) in [6.07, 6.45) is 0. The van der Waals surface area contributed by atoms with Gasteiger partial charge >= 0.3 is 16.5 Å². The predicted octanol–water partition coefficient (Wildman–Crippen LogP) is -0.536. The summed E-state index contributed by atoms with van der Waals surface area (Å²) in [4.78, 5) is 31.4. The van der Waals surface area contributed by atoms with Crippen LogP contribution in [0.5, 0.6) is 0 Å². The Kier molecular flexibility index (Phi) is 11.7. The molecule has 0 bridgehead atoms. The molecule has 0 aliphatic heterocycles. The van der Waals surface area contributed by atoms with Crippen molar-refractivity contribution in [1.29, 1.82) is 0 Å². The first-order valence-corrected chi connectivity index (χ1v) is 13.9. The normalized spacial score (nSPS) is 10.7. The number of nitrogens with zero attached hydrogens (tertiary/aromatic N) is 4. The van der Waals surface area contributed by atoms with Crippen LogP contribution in [0.3, 0.4) is 0 Å². The maximum absolute atomic E-state index is 4.54. The summed E-state index contributed by atoms with van der Waals surface area (Å²) < 4.78 is 0. The Morgan fingerprint density at radius 3 is 0.822 bits per heavy atom. The Labute approximate surface area is 281 Å². The number of aromatic amines is 4. The number of halogens is 2. The van der Waals surface area contributed by atoms with Crippen molar-refractivity contribution in [3.63, 3.8) is 0 Å². The Bertz CT molecular complexity index is 1670. The van der Waals surface area contributed by atoms with E-state index in [4.69, 9.17) is 0 Å². The van der Waals surface area contributed by atoms with Gasteiger partial charge < -0.3 is 55.4 Å². The third-order valence-corrected chi connectivity index (χ3v) is 6.92. The van der Waals surface area contributed by atoms with Gasteiger partial charge in [-0.2, -0.15) is 0 Å². The first-order valence-electron chi connectivity index (χ1n) is 13.9. The topological polar surface area (TPSA) is 139 Å². The number of benzene rings is 4. The van der Waals surface area contributed by atoms with Crippen molar-refractivity contribution < 1.29 is 41.3 Å². The second-order valence-corrected chi connectivity index (χ2v) is 10.0. The number of hydrogen-bond acceptors (Lipinski definition) is 6. The van der Waals surface area contributed by atoms with Crippen LogP contribution in [0.2, 0.25) is 0 Å². The zero-order chi connectivity index (χ0) is 28.1. The Hall–Kier alpha value is -4.25. The molecular weight excluding hydrogens is 654 g/mol. The van der Waals surface area contributed by atoms with Gasteiger partial charge in [-0.15, -0.1) is 0 Å². The molecule has 10 nitrogen and oxygen atoms in total. The van der Waals surface area contributed by atoms with Crippen molar-refractivity contribution in [3.05, 3.63) is 120 Å². The standard InChI is InChI=1S/2C16H15N5.2ClH.Ni/c2*1-2-6-12-11(5-1)18-15(19-12)9-17-10-16-20-13-7-3-4-8-14(13)21-16;;;/h2*1-8,17H,9-10H2,(H,18,19)(H,20,21);2*1H;/q;;;;+2/p-2. The molecule has 0 saturated carbocycles. The fraction of sp³-hybridized carbons (Fsp3) is 0.125. The predicted molar refractivity (Wildman–Crippen MR) is 165 cm³/mol. The van der Waals surface area contributed by atoms with Crippen LogP contribution in [0.4, 0.5) is 0 Å². The van der Waals surface area contributed by atoms with E-state index in [1.165, 1.54) is 0 Å². The van der Waals surface area contributed by atoms with Gasteiger partial charge in [-0.25, -0.2) is 19.9 Å². The van der Waals surface area contributed by atoms with Gasteiger partial charge in [0, 0.05) is 0 Å². The van der Waals surface area contributed by atoms with Gasteiger partial charge in [0.15, 0.2) is 0 Å². The number of nitrogens with one attached hydrogen (secondary N) is 6. The third-order valence-electron chi connectivity index (χ3n) is 6.92. The van der Waals surface area contributed by atoms with E-state index in [0.29, 0.717) is 26.2 Å². The Balaban J connectivity index is 0.000000192. The van der Waals surface area contributed by atoms with Gasteiger partial charge in [0.2, 0.25) is 0 Å². The minimum absolute atomic E-state index is 0. The van der Waals surface area contributed by atoms with Gasteiger partial charge in [-0.1, -0.05) is 48.5 Å². The zero-order valence-corrected chi connectivity index (χ0v) is 26.4. The third kappa shape index (κ3) is 8.08. The van der Waals surface area contributed by atoms with Gasteiger partial charge in [0.05, 0.1) is 70.3 Å². The van der Waals surface area contributed by atoms with Gasteiger partial charge in [-0.3, -0.25) is 0 Å². The molecule has 8 aromatic rings. The number of H-pyrrole nitrogens is 4. The number of hydrogen-bond donors (Lipinski definition) is 6. The molecule has 0 aliphatic carbocycles. The molecule has 13 heteroatoms. The molecule has 0 aliphatic rings. The van der Waals surface area contributed by atoms with Crippen molar-refractivity contribution in [2.45, 2.75) is 26.2 Å². The van der Waals surface area contributed by atoms with E-state index in [0.717, 1.165) is 67.4 Å². The van der Waals surface area contributed by atoms with E-state index in [1.807, 2.05) is 97.1 Å². The quantitative estimate of drug-likeness (QED) is 0.119. The summed E-state index contributed by atoms with van der Waals surface area (Å²) in [5.74, 6) is 3.75. The van der Waals surface area contributed by atoms with Crippen LogP contribution in [0.25, 0.3) is 44.1 Å². The average Bonchev–Trinajstić information content (AvgIpc) is 3.80. The number of fused-ring (bicyclic) bond motifs is 4. The average molecular weight is 684 g/mol. The van der Waals surface area contributed by atoms with E-state index < -0.39 is 0 Å². The van der Waals surface area contributed by atoms with E-state index in [9.17, 15) is 0 Å². The molecular formula is C32H30Cl2N10Ni. The summed E-state index contributed by atoms with van der Waals surface area (Å²) in [7, 11) is 0. The summed E-state index contributed by atoms with van der Waals surface area (Å²) >= 11 is 0. The molecule has 0 radical (unpaired) electrons. The molecule has 4 aromatic carbocycles. The van der Waals surface area contributed by atoms with Crippen LogP contribution in [-0.4, -0.2) is 39.9 Å². The summed E-state index contributed by atoms with van der Waals surface area (Å²) in [5, 5.41) is 6.70. The fourth-order valence-electron chi connectivity index (χ4n) is 4.96. The van der Waals surface area contributed by atoms with Crippen molar-refractivity contribution >= 4 is 44.1 Å². The number of para-hydroxylation sites is 8. The minimum Gasteiger partial charge on any atom is -1.00 e. The molecule has 45 heavy (non-hydrogen) atoms. The van der Waals surface area contributed by atoms with Crippen LogP contribution >= 0.6 is 0 Å². The van der Waals surface area contributed by atoms with Crippen molar-refractivity contribution in [3.8, 4) is 0 Å². The Morgan fingerprint density at radius 2 is 0.600 bits per heavy atom. The largest absolute Gasteiger partial charge is 2.00 e. The van der Waals surface area contributed by atoms with Crippen LogP contribution in [0.15, 0.2) is 97.1 Å². The zero-order valence-electron chi connectivity index (χ0n) is 23.9. The molecule has 0 unspecified atom stereocenters. The van der Waals surface area contributed by atoms with Crippen molar-refractivity contribution in [1.82, 2.24) is 50.5 Å². The van der Waals surface area contributed by atoms with Crippen LogP contribution in [0, 0.1) is 0 Å². The molecule has 8 rings (SSSR count). The number of rotatable bonds is 8. The molecule has 6 N–H and O–H groups in total. The Morgan fingerprint density at radius 1 is 0.378 bits per heavy atom. The molecule has 0 saturated heterocycles. The number of aromatic nitrogens is 8. The number of imidazole rings is 4. The molecule has 0 spiro atoms. The first-order chi connectivity index (χ1) is 20.8. The van der Waals surface area contributed by atoms with Crippen LogP contribution in [-0.2, 0) is 42.7 Å². The molecule has 0 amide bonds. The first kappa shape index (κ1) is 33.6. The molecule has 0 atom stereocenters.